The summed E-state index contributed by atoms with van der Waals surface area (Å²) in [6.07, 6.45) is 0. The minimum Gasteiger partial charge on any atom is -0.479 e. The molecule has 102 valence electrons. The summed E-state index contributed by atoms with van der Waals surface area (Å²) in [5.74, 6) is -0.945. The van der Waals surface area contributed by atoms with Crippen LogP contribution in [0.15, 0.2) is 0 Å². The van der Waals surface area contributed by atoms with Crippen molar-refractivity contribution in [1.82, 2.24) is 20.0 Å². The Labute approximate surface area is 104 Å². The van der Waals surface area contributed by atoms with E-state index in [1.807, 2.05) is 42.0 Å². The second kappa shape index (κ2) is 5.77. The number of hydrogen-bond donors (Lipinski definition) is 1. The number of hydrogen-bond acceptors (Lipinski definition) is 5. The van der Waals surface area contributed by atoms with Crippen molar-refractivity contribution in [3.8, 4) is 0 Å². The molecule has 0 aliphatic rings. The molecule has 1 atom stereocenters. The van der Waals surface area contributed by atoms with Crippen molar-refractivity contribution in [2.45, 2.75) is 19.5 Å². The molecule has 1 N–H and O–H groups in total. The Morgan fingerprint density at radius 1 is 1.00 bits per heavy atom. The summed E-state index contributed by atoms with van der Waals surface area (Å²) in [4.78, 5) is 13.6. The van der Waals surface area contributed by atoms with Gasteiger partial charge < -0.3 is 5.11 Å². The van der Waals surface area contributed by atoms with Crippen LogP contribution in [0.3, 0.4) is 0 Å². The fraction of sp³-hybridized carbons (Fsp3) is 0.909. The summed E-state index contributed by atoms with van der Waals surface area (Å²) in [7, 11) is 10.9. The molecule has 0 unspecified atom stereocenters. The quantitative estimate of drug-likeness (QED) is 0.535. The Morgan fingerprint density at radius 2 is 1.35 bits per heavy atom. The number of nitrogens with zero attached hydrogens (tertiary/aromatic N) is 4. The van der Waals surface area contributed by atoms with Crippen LogP contribution < -0.4 is 0 Å². The van der Waals surface area contributed by atoms with E-state index in [1.165, 1.54) is 0 Å². The molecule has 0 spiro atoms. The van der Waals surface area contributed by atoms with Crippen molar-refractivity contribution in [2.75, 3.05) is 42.3 Å². The molecule has 0 aliphatic heterocycles. The lowest BCUT2D eigenvalue weighted by molar-refractivity contribution is -0.264. The van der Waals surface area contributed by atoms with E-state index in [2.05, 4.69) is 0 Å². The maximum absolute atomic E-state index is 11.8. The lowest BCUT2D eigenvalue weighted by atomic mass is 9.94. The van der Waals surface area contributed by atoms with Crippen LogP contribution in [-0.4, -0.2) is 79.1 Å². The van der Waals surface area contributed by atoms with Crippen LogP contribution >= 0.6 is 0 Å². The van der Waals surface area contributed by atoms with Gasteiger partial charge in [0.1, 0.15) is 0 Å². The molecule has 17 heavy (non-hydrogen) atoms. The van der Waals surface area contributed by atoms with Crippen LogP contribution in [-0.2, 0) is 4.79 Å². The highest BCUT2D eigenvalue weighted by Gasteiger charge is 2.51. The second-order valence-corrected chi connectivity index (χ2v) is 5.06. The molecule has 0 rings (SSSR count). The van der Waals surface area contributed by atoms with E-state index >= 15 is 0 Å². The maximum atomic E-state index is 11.8. The Bertz CT molecular complexity index is 248. The van der Waals surface area contributed by atoms with Crippen LogP contribution in [0.1, 0.15) is 13.8 Å². The van der Waals surface area contributed by atoms with E-state index in [0.29, 0.717) is 0 Å². The zero-order valence-electron chi connectivity index (χ0n) is 12.2. The van der Waals surface area contributed by atoms with Gasteiger partial charge in [0.2, 0.25) is 5.66 Å². The summed E-state index contributed by atoms with van der Waals surface area (Å²) in [6, 6.07) is 0. The van der Waals surface area contributed by atoms with Gasteiger partial charge in [-0.3, -0.25) is 4.90 Å². The van der Waals surface area contributed by atoms with Crippen LogP contribution in [0, 0.1) is 5.92 Å². The molecule has 0 fully saturated rings. The van der Waals surface area contributed by atoms with E-state index in [1.54, 1.807) is 34.1 Å². The molecule has 0 amide bonds. The SMILES string of the molecule is CC(C)[C@](C(=O)O)(N(C)C)N(N(C)C)N(C)C. The van der Waals surface area contributed by atoms with E-state index in [4.69, 9.17) is 0 Å². The molecule has 0 aliphatic carbocycles. The van der Waals surface area contributed by atoms with Crippen LogP contribution in [0.5, 0.6) is 0 Å². The van der Waals surface area contributed by atoms with Gasteiger partial charge in [0.05, 0.1) is 0 Å². The first-order chi connectivity index (χ1) is 7.59. The van der Waals surface area contributed by atoms with Gasteiger partial charge in [-0.1, -0.05) is 13.8 Å². The Morgan fingerprint density at radius 3 is 1.41 bits per heavy atom. The maximum Gasteiger partial charge on any atom is 0.342 e. The molecule has 0 aromatic carbocycles. The highest BCUT2D eigenvalue weighted by Crippen LogP contribution is 2.29. The van der Waals surface area contributed by atoms with Crippen molar-refractivity contribution < 1.29 is 9.90 Å². The molecule has 0 aromatic heterocycles. The number of carboxylic acids is 1. The van der Waals surface area contributed by atoms with E-state index in [0.717, 1.165) is 0 Å². The number of carbonyl (C=O) groups is 1. The highest BCUT2D eigenvalue weighted by atomic mass is 16.4. The number of aliphatic carboxylic acids is 1. The third kappa shape index (κ3) is 2.77. The fourth-order valence-corrected chi connectivity index (χ4v) is 2.42. The van der Waals surface area contributed by atoms with Crippen LogP contribution in [0.4, 0.5) is 0 Å². The van der Waals surface area contributed by atoms with Crippen molar-refractivity contribution in [3.05, 3.63) is 0 Å². The minimum atomic E-state index is -1.10. The summed E-state index contributed by atoms with van der Waals surface area (Å²) in [6.45, 7) is 3.82. The lowest BCUT2D eigenvalue weighted by Crippen LogP contribution is -2.72. The molecule has 0 radical (unpaired) electrons. The smallest absolute Gasteiger partial charge is 0.342 e. The first kappa shape index (κ1) is 16.3. The van der Waals surface area contributed by atoms with Crippen LogP contribution in [0.2, 0.25) is 0 Å². The molecule has 6 nitrogen and oxygen atoms in total. The average Bonchev–Trinajstić information content (AvgIpc) is 2.09. The largest absolute Gasteiger partial charge is 0.479 e. The number of carboxylic acid groups (broad SMARTS) is 1. The van der Waals surface area contributed by atoms with Crippen LogP contribution in [0.25, 0.3) is 0 Å². The predicted octanol–water partition coefficient (Wildman–Crippen LogP) is 0.240. The summed E-state index contributed by atoms with van der Waals surface area (Å²) >= 11 is 0. The second-order valence-electron chi connectivity index (χ2n) is 5.06. The summed E-state index contributed by atoms with van der Waals surface area (Å²) in [5.41, 5.74) is -1.10. The van der Waals surface area contributed by atoms with E-state index < -0.39 is 11.6 Å². The Hall–Kier alpha value is -0.690. The predicted molar refractivity (Wildman–Crippen MR) is 68.1 cm³/mol. The van der Waals surface area contributed by atoms with Gasteiger partial charge >= 0.3 is 5.97 Å². The van der Waals surface area contributed by atoms with E-state index in [-0.39, 0.29) is 5.92 Å². The first-order valence-electron chi connectivity index (χ1n) is 5.65. The zero-order chi connectivity index (χ0) is 14.0. The Kier molecular flexibility index (Phi) is 5.54. The number of rotatable bonds is 6. The summed E-state index contributed by atoms with van der Waals surface area (Å²) < 4.78 is 0. The molecule has 6 heteroatoms. The van der Waals surface area contributed by atoms with Gasteiger partial charge in [0, 0.05) is 28.2 Å². The van der Waals surface area contributed by atoms with Gasteiger partial charge in [0.15, 0.2) is 0 Å². The van der Waals surface area contributed by atoms with Gasteiger partial charge in [-0.2, -0.15) is 0 Å². The molecule has 0 heterocycles. The normalized spacial score (nSPS) is 16.3. The number of likely N-dealkylation sites (N-methyl/N-ethyl adjacent to an activating group) is 1. The monoisotopic (exact) mass is 246 g/mol. The third-order valence-electron chi connectivity index (χ3n) is 2.86. The van der Waals surface area contributed by atoms with Crippen molar-refractivity contribution in [2.24, 2.45) is 5.92 Å². The van der Waals surface area contributed by atoms with Gasteiger partial charge in [-0.15, -0.1) is 5.12 Å². The third-order valence-corrected chi connectivity index (χ3v) is 2.86. The van der Waals surface area contributed by atoms with Crippen molar-refractivity contribution in [3.63, 3.8) is 0 Å². The topological polar surface area (TPSA) is 50.3 Å². The number of hydrazine groups is 2. The van der Waals surface area contributed by atoms with Crippen molar-refractivity contribution in [1.29, 1.82) is 0 Å². The molecule has 0 saturated heterocycles. The highest BCUT2D eigenvalue weighted by molar-refractivity contribution is 5.78. The summed E-state index contributed by atoms with van der Waals surface area (Å²) in [5, 5.41) is 15.0. The Balaban J connectivity index is 5.79. The van der Waals surface area contributed by atoms with Crippen molar-refractivity contribution >= 4 is 5.97 Å². The average molecular weight is 246 g/mol. The van der Waals surface area contributed by atoms with Gasteiger partial charge in [-0.25, -0.2) is 14.8 Å². The molecular formula is C11H26N4O2. The standard InChI is InChI=1S/C11H26N4O2/c1-9(2)11(10(16)17,12(3)4)15(13(5)6)14(7)8/h9H,1-8H3,(H,16,17)/t11-/m0/s1. The molecule has 0 bridgehead atoms. The molecular weight excluding hydrogens is 220 g/mol. The minimum absolute atomic E-state index is 0.0835. The van der Waals surface area contributed by atoms with Gasteiger partial charge in [-0.05, 0) is 20.0 Å². The molecule has 0 saturated carbocycles. The lowest BCUT2D eigenvalue weighted by Gasteiger charge is -2.51. The zero-order valence-corrected chi connectivity index (χ0v) is 12.2. The van der Waals surface area contributed by atoms with E-state index in [9.17, 15) is 9.90 Å². The fourth-order valence-electron chi connectivity index (χ4n) is 2.42. The first-order valence-corrected chi connectivity index (χ1v) is 5.65. The van der Waals surface area contributed by atoms with Gasteiger partial charge in [0.25, 0.3) is 0 Å². The molecule has 0 aromatic rings.